The van der Waals surface area contributed by atoms with E-state index in [0.717, 1.165) is 33.9 Å². The molecule has 3 aromatic rings. The zero-order valence-corrected chi connectivity index (χ0v) is 20.0. The summed E-state index contributed by atoms with van der Waals surface area (Å²) in [5.74, 6) is -4.44. The van der Waals surface area contributed by atoms with E-state index < -0.39 is 41.3 Å². The van der Waals surface area contributed by atoms with Crippen molar-refractivity contribution in [3.05, 3.63) is 105 Å². The number of carbonyl (C=O) groups excluding carboxylic acids is 1. The minimum absolute atomic E-state index is 0.305. The molecule has 1 unspecified atom stereocenters. The zero-order chi connectivity index (χ0) is 26.3. The topological polar surface area (TPSA) is 88.4 Å². The minimum Gasteiger partial charge on any atom is -0.480 e. The van der Waals surface area contributed by atoms with Crippen molar-refractivity contribution >= 4 is 21.1 Å². The Balaban J connectivity index is 0.000000258. The number of pyridine rings is 1. The molecule has 35 heavy (non-hydrogen) atoms. The molecule has 6 nitrogen and oxygen atoms in total. The number of nitrogens with one attached hydrogen (secondary N) is 1. The van der Waals surface area contributed by atoms with E-state index >= 15 is 0 Å². The monoisotopic (exact) mass is 510 g/mol. The van der Waals surface area contributed by atoms with Gasteiger partial charge in [-0.2, -0.15) is 8.78 Å². The van der Waals surface area contributed by atoms with Crippen LogP contribution >= 0.6 is 9.24 Å². The van der Waals surface area contributed by atoms with Crippen LogP contribution in [0, 0.1) is 18.6 Å². The van der Waals surface area contributed by atoms with Gasteiger partial charge in [-0.25, -0.2) is 8.78 Å². The number of benzene rings is 2. The second-order valence-corrected chi connectivity index (χ2v) is 8.29. The highest BCUT2D eigenvalue weighted by Crippen LogP contribution is 2.33. The van der Waals surface area contributed by atoms with Gasteiger partial charge in [-0.05, 0) is 30.7 Å². The lowest BCUT2D eigenvalue weighted by molar-refractivity contribution is -0.135. The average Bonchev–Trinajstić information content (AvgIpc) is 2.75. The Morgan fingerprint density at radius 2 is 1.66 bits per heavy atom. The number of nitrogens with zero attached hydrogens (tertiary/aromatic N) is 1. The number of carboxylic acids is 1. The second kappa shape index (κ2) is 11.8. The highest BCUT2D eigenvalue weighted by atomic mass is 31.0. The van der Waals surface area contributed by atoms with Crippen molar-refractivity contribution in [3.63, 3.8) is 0 Å². The molecule has 186 valence electrons. The summed E-state index contributed by atoms with van der Waals surface area (Å²) in [7, 11) is 2.82. The van der Waals surface area contributed by atoms with E-state index in [4.69, 9.17) is 5.11 Å². The van der Waals surface area contributed by atoms with Crippen molar-refractivity contribution < 1.29 is 32.3 Å². The van der Waals surface area contributed by atoms with Crippen molar-refractivity contribution in [2.75, 3.05) is 6.54 Å². The molecular weight excluding hydrogens is 487 g/mol. The van der Waals surface area contributed by atoms with E-state index in [1.807, 2.05) is 36.5 Å². The Morgan fingerprint density at radius 3 is 2.20 bits per heavy atom. The van der Waals surface area contributed by atoms with E-state index in [1.54, 1.807) is 0 Å². The Hall–Kier alpha value is -3.52. The maximum Gasteiger partial charge on any atom is 0.322 e. The number of carboxylic acid groups (broad SMARTS) is 1. The first-order chi connectivity index (χ1) is 16.3. The van der Waals surface area contributed by atoms with E-state index in [0.29, 0.717) is 12.0 Å². The SMILES string of the molecule is Cc1cccc(Cc2ccc(C(F)(F)P)n(C)c2=O)c1.O=C(O)CNC(=O)c1c(F)cccc1F. The fraction of sp³-hybridized carbons (Fsp3) is 0.208. The molecule has 0 fully saturated rings. The summed E-state index contributed by atoms with van der Waals surface area (Å²) in [6.07, 6.45) is 0.442. The minimum atomic E-state index is -3.10. The molecule has 0 saturated carbocycles. The third-order valence-electron chi connectivity index (χ3n) is 4.79. The van der Waals surface area contributed by atoms with Crippen LogP contribution in [0.15, 0.2) is 59.4 Å². The van der Waals surface area contributed by atoms with Gasteiger partial charge < -0.3 is 15.0 Å². The quantitative estimate of drug-likeness (QED) is 0.388. The first kappa shape index (κ1) is 27.7. The van der Waals surface area contributed by atoms with Gasteiger partial charge in [0, 0.05) is 19.0 Å². The summed E-state index contributed by atoms with van der Waals surface area (Å²) in [5, 5.41) is 10.1. The molecule has 1 atom stereocenters. The molecule has 0 aliphatic heterocycles. The van der Waals surface area contributed by atoms with Crippen LogP contribution in [-0.2, 0) is 23.9 Å². The van der Waals surface area contributed by atoms with Gasteiger partial charge in [0.05, 0.1) is 5.69 Å². The van der Waals surface area contributed by atoms with Crippen LogP contribution in [0.3, 0.4) is 0 Å². The van der Waals surface area contributed by atoms with Crippen molar-refractivity contribution in [1.29, 1.82) is 0 Å². The van der Waals surface area contributed by atoms with Gasteiger partial charge in [0.2, 0.25) is 0 Å². The summed E-state index contributed by atoms with van der Waals surface area (Å²) in [6.45, 7) is 1.28. The lowest BCUT2D eigenvalue weighted by Gasteiger charge is -2.15. The Morgan fingerprint density at radius 1 is 1.06 bits per heavy atom. The molecule has 2 aromatic carbocycles. The molecule has 0 aliphatic carbocycles. The van der Waals surface area contributed by atoms with Crippen LogP contribution in [-0.4, -0.2) is 28.1 Å². The molecule has 2 N–H and O–H groups in total. The van der Waals surface area contributed by atoms with Crippen molar-refractivity contribution in [1.82, 2.24) is 9.88 Å². The summed E-state index contributed by atoms with van der Waals surface area (Å²) in [5.41, 5.74) is -1.96. The molecule has 0 bridgehead atoms. The highest BCUT2D eigenvalue weighted by molar-refractivity contribution is 7.17. The van der Waals surface area contributed by atoms with Gasteiger partial charge in [-0.15, -0.1) is 0 Å². The molecule has 11 heteroatoms. The maximum atomic E-state index is 13.3. The van der Waals surface area contributed by atoms with Crippen molar-refractivity contribution in [3.8, 4) is 0 Å². The summed E-state index contributed by atoms with van der Waals surface area (Å²) in [6, 6.07) is 13.5. The fourth-order valence-electron chi connectivity index (χ4n) is 3.16. The van der Waals surface area contributed by atoms with Crippen molar-refractivity contribution in [2.45, 2.75) is 19.0 Å². The number of aliphatic carboxylic acids is 1. The predicted octanol–water partition coefficient (Wildman–Crippen LogP) is 3.99. The maximum absolute atomic E-state index is 13.3. The van der Waals surface area contributed by atoms with Gasteiger partial charge in [0.25, 0.3) is 17.1 Å². The van der Waals surface area contributed by atoms with Gasteiger partial charge in [-0.3, -0.25) is 14.4 Å². The molecule has 1 heterocycles. The van der Waals surface area contributed by atoms with Crippen molar-refractivity contribution in [2.24, 2.45) is 7.05 Å². The molecule has 0 radical (unpaired) electrons. The van der Waals surface area contributed by atoms with Gasteiger partial charge in [0.1, 0.15) is 23.7 Å². The van der Waals surface area contributed by atoms with Gasteiger partial charge in [0.15, 0.2) is 0 Å². The number of aryl methyl sites for hydroxylation is 1. The Bertz CT molecular complexity index is 1270. The van der Waals surface area contributed by atoms with Crippen LogP contribution in [0.5, 0.6) is 0 Å². The number of alkyl halides is 2. The Labute approximate surface area is 200 Å². The summed E-state index contributed by atoms with van der Waals surface area (Å²) in [4.78, 5) is 33.4. The molecule has 0 spiro atoms. The molecule has 1 aromatic heterocycles. The van der Waals surface area contributed by atoms with Gasteiger partial charge in [-0.1, -0.05) is 51.2 Å². The van der Waals surface area contributed by atoms with E-state index in [-0.39, 0.29) is 11.3 Å². The molecule has 0 aliphatic rings. The summed E-state index contributed by atoms with van der Waals surface area (Å²) >= 11 is 0. The first-order valence-electron chi connectivity index (χ1n) is 10.2. The van der Waals surface area contributed by atoms with Gasteiger partial charge >= 0.3 is 5.97 Å². The van der Waals surface area contributed by atoms with E-state index in [2.05, 4.69) is 0 Å². The number of amides is 1. The first-order valence-corrected chi connectivity index (χ1v) is 10.7. The number of carbonyl (C=O) groups is 2. The van der Waals surface area contributed by atoms with Crippen LogP contribution in [0.1, 0.15) is 32.7 Å². The number of aromatic nitrogens is 1. The number of hydrogen-bond donors (Lipinski definition) is 2. The lowest BCUT2D eigenvalue weighted by Crippen LogP contribution is -2.30. The normalized spacial score (nSPS) is 10.8. The highest BCUT2D eigenvalue weighted by Gasteiger charge is 2.28. The zero-order valence-electron chi connectivity index (χ0n) is 18.8. The molecule has 1 amide bonds. The standard InChI is InChI=1S/C15H16F2NOP.C9H7F2NO3/c1-10-4-3-5-11(8-10)9-12-6-7-13(15(16,17)20)18(2)14(12)19;10-5-2-1-3-6(11)8(5)9(15)12-4-7(13)14/h3-8H,9,20H2,1-2H3;1-3H,4H2,(H,12,15)(H,13,14). The van der Waals surface area contributed by atoms with E-state index in [1.165, 1.54) is 28.4 Å². The molecular formula is C24H23F4N2O4P. The summed E-state index contributed by atoms with van der Waals surface area (Å²) < 4.78 is 53.6. The smallest absolute Gasteiger partial charge is 0.322 e. The third kappa shape index (κ3) is 7.75. The third-order valence-corrected chi connectivity index (χ3v) is 5.09. The van der Waals surface area contributed by atoms with Crippen LogP contribution in [0.2, 0.25) is 0 Å². The van der Waals surface area contributed by atoms with Crippen LogP contribution < -0.4 is 10.9 Å². The second-order valence-electron chi connectivity index (χ2n) is 7.57. The van der Waals surface area contributed by atoms with E-state index in [9.17, 15) is 31.9 Å². The number of halogens is 4. The molecule has 0 saturated heterocycles. The largest absolute Gasteiger partial charge is 0.480 e. The fourth-order valence-corrected chi connectivity index (χ4v) is 3.45. The number of hydrogen-bond acceptors (Lipinski definition) is 3. The molecule has 3 rings (SSSR count). The van der Waals surface area contributed by atoms with Crippen LogP contribution in [0.4, 0.5) is 17.6 Å². The predicted molar refractivity (Wildman–Crippen MR) is 126 cm³/mol. The lowest BCUT2D eigenvalue weighted by atomic mass is 10.0. The average molecular weight is 510 g/mol. The Kier molecular flexibility index (Phi) is 9.31. The number of rotatable bonds is 6. The van der Waals surface area contributed by atoms with Crippen LogP contribution in [0.25, 0.3) is 0 Å².